The van der Waals surface area contributed by atoms with Crippen LogP contribution in [0.4, 0.5) is 14.9 Å². The minimum atomic E-state index is -0.568. The van der Waals surface area contributed by atoms with Gasteiger partial charge in [-0.05, 0) is 102 Å². The number of halogens is 2. The van der Waals surface area contributed by atoms with Crippen LogP contribution < -0.4 is 14.8 Å². The summed E-state index contributed by atoms with van der Waals surface area (Å²) >= 11 is 2.91. The van der Waals surface area contributed by atoms with E-state index in [1.54, 1.807) is 12.1 Å². The molecule has 0 unspecified atom stereocenters. The molecule has 1 aliphatic rings. The Morgan fingerprint density at radius 2 is 1.87 bits per heavy atom. The Morgan fingerprint density at radius 1 is 1.11 bits per heavy atom. The average molecular weight is 646 g/mol. The summed E-state index contributed by atoms with van der Waals surface area (Å²) in [6.45, 7) is 4.22. The monoisotopic (exact) mass is 646 g/mol. The van der Waals surface area contributed by atoms with Crippen LogP contribution in [0.3, 0.4) is 0 Å². The van der Waals surface area contributed by atoms with Crippen LogP contribution in [0.15, 0.2) is 65.6 Å². The lowest BCUT2D eigenvalue weighted by Crippen LogP contribution is -2.36. The van der Waals surface area contributed by atoms with Crippen molar-refractivity contribution in [3.8, 4) is 11.5 Å². The van der Waals surface area contributed by atoms with Crippen LogP contribution in [-0.2, 0) is 16.2 Å². The van der Waals surface area contributed by atoms with Gasteiger partial charge in [-0.25, -0.2) is 4.39 Å². The van der Waals surface area contributed by atoms with E-state index in [1.807, 2.05) is 38.1 Å². The van der Waals surface area contributed by atoms with Gasteiger partial charge in [-0.15, -0.1) is 0 Å². The molecule has 1 fully saturated rings. The van der Waals surface area contributed by atoms with Crippen molar-refractivity contribution in [3.63, 3.8) is 0 Å². The van der Waals surface area contributed by atoms with Gasteiger partial charge in [0.2, 0.25) is 5.91 Å². The van der Waals surface area contributed by atoms with Gasteiger partial charge in [0.15, 0.2) is 11.5 Å². The Balaban J connectivity index is 1.48. The Kier molecular flexibility index (Phi) is 9.05. The number of thioether (sulfide) groups is 1. The van der Waals surface area contributed by atoms with E-state index < -0.39 is 29.4 Å². The number of benzene rings is 3. The van der Waals surface area contributed by atoms with E-state index in [0.29, 0.717) is 36.0 Å². The number of nitrogens with zero attached hydrogens (tertiary/aromatic N) is 1. The minimum Gasteiger partial charge on any atom is -0.490 e. The summed E-state index contributed by atoms with van der Waals surface area (Å²) in [6, 6.07) is 16.8. The number of aryl methyl sites for hydroxylation is 1. The first-order valence-electron chi connectivity index (χ1n) is 11.7. The highest BCUT2D eigenvalue weighted by Crippen LogP contribution is 2.38. The standard InChI is InChI=1S/C28H24FIN2O5S/c1-3-36-23-13-19(12-22(30)26(23)37-16-18-6-4-5-17(2)11-18)14-24-27(34)32(28(35)38-24)15-25(33)31-21-9-7-20(29)8-10-21/h4-14H,3,15-16H2,1-2H3,(H,31,33)/b24-14-. The maximum absolute atomic E-state index is 13.1. The predicted octanol–water partition coefficient (Wildman–Crippen LogP) is 6.39. The summed E-state index contributed by atoms with van der Waals surface area (Å²) in [4.78, 5) is 38.9. The molecular formula is C28H24FIN2O5S. The van der Waals surface area contributed by atoms with Gasteiger partial charge in [0.1, 0.15) is 19.0 Å². The van der Waals surface area contributed by atoms with Crippen molar-refractivity contribution in [3.05, 3.63) is 91.6 Å². The Hall–Kier alpha value is -3.38. The molecule has 196 valence electrons. The fourth-order valence-electron chi connectivity index (χ4n) is 3.70. The van der Waals surface area contributed by atoms with Gasteiger partial charge in [0.25, 0.3) is 11.1 Å². The number of ether oxygens (including phenoxy) is 2. The molecular weight excluding hydrogens is 622 g/mol. The quantitative estimate of drug-likeness (QED) is 0.214. The van der Waals surface area contributed by atoms with Crippen LogP contribution in [0.5, 0.6) is 11.5 Å². The molecule has 3 aromatic rings. The molecule has 0 bridgehead atoms. The maximum Gasteiger partial charge on any atom is 0.294 e. The van der Waals surface area contributed by atoms with Crippen molar-refractivity contribution in [2.45, 2.75) is 20.5 Å². The fraction of sp³-hybridized carbons (Fsp3) is 0.179. The molecule has 1 N–H and O–H groups in total. The highest BCUT2D eigenvalue weighted by Gasteiger charge is 2.36. The molecule has 0 aliphatic carbocycles. The smallest absolute Gasteiger partial charge is 0.294 e. The molecule has 10 heteroatoms. The number of hydrogen-bond acceptors (Lipinski definition) is 6. The van der Waals surface area contributed by atoms with Crippen molar-refractivity contribution in [1.82, 2.24) is 4.90 Å². The lowest BCUT2D eigenvalue weighted by atomic mass is 10.1. The molecule has 3 aromatic carbocycles. The fourth-order valence-corrected chi connectivity index (χ4v) is 5.32. The second-order valence-corrected chi connectivity index (χ2v) is 10.5. The summed E-state index contributed by atoms with van der Waals surface area (Å²) in [5, 5.41) is 2.00. The van der Waals surface area contributed by atoms with E-state index >= 15 is 0 Å². The van der Waals surface area contributed by atoms with Gasteiger partial charge in [0.05, 0.1) is 15.1 Å². The van der Waals surface area contributed by atoms with Crippen molar-refractivity contribution in [2.75, 3.05) is 18.5 Å². The normalized spacial score (nSPS) is 14.2. The molecule has 1 aliphatic heterocycles. The zero-order valence-electron chi connectivity index (χ0n) is 20.6. The minimum absolute atomic E-state index is 0.191. The van der Waals surface area contributed by atoms with Crippen molar-refractivity contribution in [1.29, 1.82) is 0 Å². The van der Waals surface area contributed by atoms with E-state index in [4.69, 9.17) is 9.47 Å². The summed E-state index contributed by atoms with van der Waals surface area (Å²) in [7, 11) is 0. The van der Waals surface area contributed by atoms with E-state index in [-0.39, 0.29) is 4.91 Å². The molecule has 0 radical (unpaired) electrons. The van der Waals surface area contributed by atoms with Gasteiger partial charge in [0, 0.05) is 5.69 Å². The first-order chi connectivity index (χ1) is 18.2. The van der Waals surface area contributed by atoms with Crippen molar-refractivity contribution < 1.29 is 28.2 Å². The summed E-state index contributed by atoms with van der Waals surface area (Å²) in [6.07, 6.45) is 1.60. The molecule has 7 nitrogen and oxygen atoms in total. The van der Waals surface area contributed by atoms with E-state index in [9.17, 15) is 18.8 Å². The van der Waals surface area contributed by atoms with E-state index in [1.165, 1.54) is 24.3 Å². The lowest BCUT2D eigenvalue weighted by Gasteiger charge is -2.15. The number of hydrogen-bond donors (Lipinski definition) is 1. The van der Waals surface area contributed by atoms with E-state index in [2.05, 4.69) is 34.0 Å². The summed E-state index contributed by atoms with van der Waals surface area (Å²) < 4.78 is 25.8. The number of anilines is 1. The molecule has 0 saturated carbocycles. The number of carbonyl (C=O) groups is 3. The number of carbonyl (C=O) groups excluding carboxylic acids is 3. The zero-order valence-corrected chi connectivity index (χ0v) is 23.6. The van der Waals surface area contributed by atoms with Gasteiger partial charge in [-0.2, -0.15) is 0 Å². The van der Waals surface area contributed by atoms with Gasteiger partial charge in [-0.1, -0.05) is 29.8 Å². The summed E-state index contributed by atoms with van der Waals surface area (Å²) in [5.41, 5.74) is 3.19. The predicted molar refractivity (Wildman–Crippen MR) is 154 cm³/mol. The molecule has 1 heterocycles. The van der Waals surface area contributed by atoms with Crippen LogP contribution in [-0.4, -0.2) is 35.1 Å². The molecule has 4 rings (SSSR count). The number of imide groups is 1. The third-order valence-electron chi connectivity index (χ3n) is 5.40. The van der Waals surface area contributed by atoms with Gasteiger partial charge < -0.3 is 14.8 Å². The van der Waals surface area contributed by atoms with E-state index in [0.717, 1.165) is 31.4 Å². The largest absolute Gasteiger partial charge is 0.490 e. The van der Waals surface area contributed by atoms with Gasteiger partial charge >= 0.3 is 0 Å². The van der Waals surface area contributed by atoms with Crippen LogP contribution in [0.25, 0.3) is 6.08 Å². The second kappa shape index (κ2) is 12.4. The van der Waals surface area contributed by atoms with Crippen LogP contribution >= 0.6 is 34.4 Å². The zero-order chi connectivity index (χ0) is 27.2. The average Bonchev–Trinajstić information content (AvgIpc) is 3.12. The molecule has 0 atom stereocenters. The number of amides is 3. The van der Waals surface area contributed by atoms with Gasteiger partial charge in [-0.3, -0.25) is 19.3 Å². The topological polar surface area (TPSA) is 84.9 Å². The summed E-state index contributed by atoms with van der Waals surface area (Å²) in [5.74, 6) is -0.453. The number of nitrogens with one attached hydrogen (secondary N) is 1. The highest BCUT2D eigenvalue weighted by atomic mass is 127. The van der Waals surface area contributed by atoms with Crippen LogP contribution in [0.2, 0.25) is 0 Å². The first-order valence-corrected chi connectivity index (χ1v) is 13.6. The third kappa shape index (κ3) is 6.93. The number of rotatable bonds is 9. The molecule has 38 heavy (non-hydrogen) atoms. The lowest BCUT2D eigenvalue weighted by molar-refractivity contribution is -0.127. The SMILES string of the molecule is CCOc1cc(/C=C2\SC(=O)N(CC(=O)Nc3ccc(F)cc3)C2=O)cc(I)c1OCc1cccc(C)c1. The highest BCUT2D eigenvalue weighted by molar-refractivity contribution is 14.1. The molecule has 0 aromatic heterocycles. The van der Waals surface area contributed by atoms with Crippen molar-refractivity contribution >= 4 is 63.2 Å². The third-order valence-corrected chi connectivity index (χ3v) is 7.11. The Labute approximate surface area is 237 Å². The Morgan fingerprint density at radius 3 is 2.58 bits per heavy atom. The molecule has 1 saturated heterocycles. The molecule has 0 spiro atoms. The maximum atomic E-state index is 13.1. The van der Waals surface area contributed by atoms with Crippen molar-refractivity contribution in [2.24, 2.45) is 0 Å². The van der Waals surface area contributed by atoms with Crippen LogP contribution in [0, 0.1) is 16.3 Å². The molecule has 3 amide bonds. The van der Waals surface area contributed by atoms with Crippen LogP contribution in [0.1, 0.15) is 23.6 Å². The second-order valence-electron chi connectivity index (χ2n) is 8.36. The Bertz CT molecular complexity index is 1410. The first kappa shape index (κ1) is 27.6.